The number of rotatable bonds is 5. The maximum Gasteiger partial charge on any atom is 0.231 e. The third kappa shape index (κ3) is 4.25. The smallest absolute Gasteiger partial charge is 0.231 e. The van der Waals surface area contributed by atoms with Gasteiger partial charge in [-0.05, 0) is 50.5 Å². The van der Waals surface area contributed by atoms with Crippen LogP contribution in [0.4, 0.5) is 11.4 Å². The van der Waals surface area contributed by atoms with Crippen LogP contribution in [-0.2, 0) is 24.2 Å². The molecule has 1 aliphatic heterocycles. The minimum absolute atomic E-state index is 0.0264. The number of carbonyl (C=O) groups is 1. The zero-order chi connectivity index (χ0) is 19.5. The van der Waals surface area contributed by atoms with Crippen molar-refractivity contribution in [3.8, 4) is 0 Å². The maximum absolute atomic E-state index is 12.3. The van der Waals surface area contributed by atoms with Crippen LogP contribution in [0.15, 0.2) is 53.9 Å². The van der Waals surface area contributed by atoms with E-state index in [0.717, 1.165) is 35.8 Å². The lowest BCUT2D eigenvalue weighted by atomic mass is 9.96. The van der Waals surface area contributed by atoms with E-state index in [-0.39, 0.29) is 5.91 Å². The topological polar surface area (TPSA) is 45.2 Å². The van der Waals surface area contributed by atoms with Crippen molar-refractivity contribution in [2.75, 3.05) is 10.2 Å². The van der Waals surface area contributed by atoms with Crippen LogP contribution in [0.2, 0.25) is 0 Å². The van der Waals surface area contributed by atoms with Gasteiger partial charge in [0.05, 0.1) is 18.7 Å². The molecule has 0 saturated heterocycles. The highest BCUT2D eigenvalue weighted by atomic mass is 32.1. The van der Waals surface area contributed by atoms with Crippen molar-refractivity contribution in [3.63, 3.8) is 0 Å². The van der Waals surface area contributed by atoms with E-state index < -0.39 is 0 Å². The summed E-state index contributed by atoms with van der Waals surface area (Å²) in [6.07, 6.45) is 2.60. The first-order chi connectivity index (χ1) is 13.6. The molecule has 0 saturated carbocycles. The molecule has 2 heterocycles. The fraction of sp³-hybridized carbons (Fsp3) is 0.304. The third-order valence-corrected chi connectivity index (χ3v) is 6.14. The fourth-order valence-corrected chi connectivity index (χ4v) is 4.44. The molecule has 1 amide bonds. The van der Waals surface area contributed by atoms with Crippen molar-refractivity contribution in [3.05, 3.63) is 75.7 Å². The van der Waals surface area contributed by atoms with Gasteiger partial charge >= 0.3 is 0 Å². The SMILES string of the molecule is Cc1ccc(NC(=O)Cc2nc(CN3c4ccccc4CC[C@H]3C)cs2)cc1. The Labute approximate surface area is 170 Å². The normalized spacial score (nSPS) is 15.9. The molecule has 0 fully saturated rings. The van der Waals surface area contributed by atoms with Crippen LogP contribution >= 0.6 is 11.3 Å². The predicted octanol–water partition coefficient (Wildman–Crippen LogP) is 4.97. The number of carbonyl (C=O) groups excluding carboxylic acids is 1. The van der Waals surface area contributed by atoms with Gasteiger partial charge in [-0.1, -0.05) is 35.9 Å². The minimum Gasteiger partial charge on any atom is -0.363 e. The van der Waals surface area contributed by atoms with E-state index in [0.29, 0.717) is 12.5 Å². The Kier molecular flexibility index (Phi) is 5.44. The molecule has 1 N–H and O–H groups in total. The van der Waals surface area contributed by atoms with Crippen LogP contribution in [0.5, 0.6) is 0 Å². The highest BCUT2D eigenvalue weighted by Crippen LogP contribution is 2.31. The van der Waals surface area contributed by atoms with E-state index in [1.165, 1.54) is 16.8 Å². The van der Waals surface area contributed by atoms with E-state index >= 15 is 0 Å². The second-order valence-electron chi connectivity index (χ2n) is 7.47. The van der Waals surface area contributed by atoms with Gasteiger partial charge in [0, 0.05) is 22.8 Å². The number of thiazole rings is 1. The molecule has 0 aliphatic carbocycles. The monoisotopic (exact) mass is 391 g/mol. The number of hydrogen-bond acceptors (Lipinski definition) is 4. The Morgan fingerprint density at radius 3 is 2.82 bits per heavy atom. The molecule has 28 heavy (non-hydrogen) atoms. The molecule has 1 aromatic heterocycles. The number of anilines is 2. The summed E-state index contributed by atoms with van der Waals surface area (Å²) >= 11 is 1.56. The van der Waals surface area contributed by atoms with E-state index in [9.17, 15) is 4.79 Å². The van der Waals surface area contributed by atoms with Gasteiger partial charge < -0.3 is 10.2 Å². The van der Waals surface area contributed by atoms with Crippen LogP contribution in [0.3, 0.4) is 0 Å². The lowest BCUT2D eigenvalue weighted by Crippen LogP contribution is -2.36. The first kappa shape index (κ1) is 18.7. The highest BCUT2D eigenvalue weighted by molar-refractivity contribution is 7.09. The number of aryl methyl sites for hydroxylation is 2. The Hall–Kier alpha value is -2.66. The molecule has 0 bridgehead atoms. The minimum atomic E-state index is -0.0264. The van der Waals surface area contributed by atoms with Crippen molar-refractivity contribution in [2.24, 2.45) is 0 Å². The lowest BCUT2D eigenvalue weighted by molar-refractivity contribution is -0.115. The summed E-state index contributed by atoms with van der Waals surface area (Å²) in [6.45, 7) is 5.09. The largest absolute Gasteiger partial charge is 0.363 e. The van der Waals surface area contributed by atoms with Gasteiger partial charge in [0.15, 0.2) is 0 Å². The van der Waals surface area contributed by atoms with E-state index in [2.05, 4.69) is 46.8 Å². The lowest BCUT2D eigenvalue weighted by Gasteiger charge is -2.36. The van der Waals surface area contributed by atoms with Crippen LogP contribution in [0, 0.1) is 6.92 Å². The second kappa shape index (κ2) is 8.15. The maximum atomic E-state index is 12.3. The second-order valence-corrected chi connectivity index (χ2v) is 8.41. The molecule has 2 aromatic carbocycles. The van der Waals surface area contributed by atoms with Gasteiger partial charge in [-0.2, -0.15) is 0 Å². The third-order valence-electron chi connectivity index (χ3n) is 5.24. The summed E-state index contributed by atoms with van der Waals surface area (Å²) in [7, 11) is 0. The zero-order valence-corrected chi connectivity index (χ0v) is 17.1. The summed E-state index contributed by atoms with van der Waals surface area (Å²) in [5, 5.41) is 5.89. The van der Waals surface area contributed by atoms with Crippen LogP contribution < -0.4 is 10.2 Å². The Morgan fingerprint density at radius 2 is 2.00 bits per heavy atom. The van der Waals surface area contributed by atoms with E-state index in [1.807, 2.05) is 31.2 Å². The predicted molar refractivity (Wildman–Crippen MR) is 116 cm³/mol. The molecule has 5 heteroatoms. The summed E-state index contributed by atoms with van der Waals surface area (Å²) in [5.74, 6) is -0.0264. The average Bonchev–Trinajstić information content (AvgIpc) is 3.13. The summed E-state index contributed by atoms with van der Waals surface area (Å²) < 4.78 is 0. The number of fused-ring (bicyclic) bond motifs is 1. The molecule has 4 rings (SSSR count). The van der Waals surface area contributed by atoms with E-state index in [1.54, 1.807) is 11.3 Å². The van der Waals surface area contributed by atoms with Crippen molar-refractivity contribution in [1.82, 2.24) is 4.98 Å². The molecular formula is C23H25N3OS. The molecule has 3 aromatic rings. The molecule has 1 atom stereocenters. The van der Waals surface area contributed by atoms with Crippen molar-refractivity contribution in [2.45, 2.75) is 45.7 Å². The van der Waals surface area contributed by atoms with Gasteiger partial charge in [0.2, 0.25) is 5.91 Å². The van der Waals surface area contributed by atoms with Gasteiger partial charge in [-0.25, -0.2) is 4.98 Å². The molecular weight excluding hydrogens is 366 g/mol. The number of nitrogens with one attached hydrogen (secondary N) is 1. The average molecular weight is 392 g/mol. The molecule has 0 radical (unpaired) electrons. The first-order valence-corrected chi connectivity index (χ1v) is 10.6. The van der Waals surface area contributed by atoms with Gasteiger partial charge in [-0.15, -0.1) is 11.3 Å². The summed E-state index contributed by atoms with van der Waals surface area (Å²) in [5.41, 5.74) is 5.76. The molecule has 4 nitrogen and oxygen atoms in total. The highest BCUT2D eigenvalue weighted by Gasteiger charge is 2.23. The Balaban J connectivity index is 1.40. The van der Waals surface area contributed by atoms with Crippen LogP contribution in [-0.4, -0.2) is 16.9 Å². The Bertz CT molecular complexity index is 964. The van der Waals surface area contributed by atoms with Crippen LogP contribution in [0.25, 0.3) is 0 Å². The van der Waals surface area contributed by atoms with Gasteiger partial charge in [0.25, 0.3) is 0 Å². The first-order valence-electron chi connectivity index (χ1n) is 9.73. The quantitative estimate of drug-likeness (QED) is 0.668. The van der Waals surface area contributed by atoms with Crippen molar-refractivity contribution >= 4 is 28.6 Å². The number of hydrogen-bond donors (Lipinski definition) is 1. The molecule has 0 spiro atoms. The number of amides is 1. The molecule has 0 unspecified atom stereocenters. The van der Waals surface area contributed by atoms with E-state index in [4.69, 9.17) is 4.98 Å². The Morgan fingerprint density at radius 1 is 1.21 bits per heavy atom. The number of para-hydroxylation sites is 1. The summed E-state index contributed by atoms with van der Waals surface area (Å²) in [6, 6.07) is 17.0. The standard InChI is InChI=1S/C23H25N3OS/c1-16-7-11-19(12-8-16)24-22(27)13-23-25-20(15-28-23)14-26-17(2)9-10-18-5-3-4-6-21(18)26/h3-8,11-12,15,17H,9-10,13-14H2,1-2H3,(H,24,27)/t17-/m1/s1. The molecule has 1 aliphatic rings. The number of nitrogens with zero attached hydrogens (tertiary/aromatic N) is 2. The summed E-state index contributed by atoms with van der Waals surface area (Å²) in [4.78, 5) is 19.5. The number of aromatic nitrogens is 1. The van der Waals surface area contributed by atoms with Crippen molar-refractivity contribution in [1.29, 1.82) is 0 Å². The van der Waals surface area contributed by atoms with Gasteiger partial charge in [-0.3, -0.25) is 4.79 Å². The molecule has 144 valence electrons. The number of benzene rings is 2. The van der Waals surface area contributed by atoms with Crippen LogP contribution in [0.1, 0.15) is 35.2 Å². The zero-order valence-electron chi connectivity index (χ0n) is 16.3. The van der Waals surface area contributed by atoms with Crippen molar-refractivity contribution < 1.29 is 4.79 Å². The fourth-order valence-electron chi connectivity index (χ4n) is 3.66. The van der Waals surface area contributed by atoms with Gasteiger partial charge in [0.1, 0.15) is 5.01 Å².